The topological polar surface area (TPSA) is 47.4 Å². The monoisotopic (exact) mass is 489 g/mol. The molecule has 35 heavy (non-hydrogen) atoms. The predicted octanol–water partition coefficient (Wildman–Crippen LogP) is 7.04. The van der Waals surface area contributed by atoms with E-state index in [-0.39, 0.29) is 17.6 Å². The standard InChI is InChI=1S/C28H28FN3O2S/c1-19(2)26-22(18-31(17-20-14-15-20)27(33)25-13-8-16-35-25)28(34-24-12-7-6-11-23(24)29)32(30-26)21-9-4-3-5-10-21/h3-13,16,19-20H,14-15,17-18H2,1-2H3. The molecule has 0 bridgehead atoms. The first-order valence-electron chi connectivity index (χ1n) is 11.9. The third kappa shape index (κ3) is 5.15. The fourth-order valence-electron chi connectivity index (χ4n) is 4.12. The molecule has 5 rings (SSSR count). The van der Waals surface area contributed by atoms with Gasteiger partial charge >= 0.3 is 0 Å². The number of carbonyl (C=O) groups is 1. The van der Waals surface area contributed by atoms with Crippen LogP contribution in [0.3, 0.4) is 0 Å². The molecule has 1 amide bonds. The zero-order valence-electron chi connectivity index (χ0n) is 19.9. The van der Waals surface area contributed by atoms with Crippen molar-refractivity contribution in [1.82, 2.24) is 14.7 Å². The van der Waals surface area contributed by atoms with Gasteiger partial charge in [-0.25, -0.2) is 9.07 Å². The summed E-state index contributed by atoms with van der Waals surface area (Å²) >= 11 is 1.45. The summed E-state index contributed by atoms with van der Waals surface area (Å²) in [6, 6.07) is 19.8. The molecule has 2 aromatic carbocycles. The summed E-state index contributed by atoms with van der Waals surface area (Å²) in [6.45, 7) is 5.17. The van der Waals surface area contributed by atoms with Gasteiger partial charge in [-0.2, -0.15) is 5.10 Å². The zero-order valence-corrected chi connectivity index (χ0v) is 20.7. The molecule has 1 aliphatic carbocycles. The molecule has 5 nitrogen and oxygen atoms in total. The highest BCUT2D eigenvalue weighted by Crippen LogP contribution is 2.37. The van der Waals surface area contributed by atoms with E-state index in [1.165, 1.54) is 17.4 Å². The van der Waals surface area contributed by atoms with Gasteiger partial charge in [0.05, 0.1) is 28.4 Å². The molecule has 0 saturated heterocycles. The number of ether oxygens (including phenoxy) is 1. The molecule has 0 N–H and O–H groups in total. The summed E-state index contributed by atoms with van der Waals surface area (Å²) < 4.78 is 22.6. The molecular formula is C28H28FN3O2S. The fraction of sp³-hybridized carbons (Fsp3) is 0.286. The molecule has 1 saturated carbocycles. The zero-order chi connectivity index (χ0) is 24.4. The number of halogens is 1. The maximum Gasteiger partial charge on any atom is 0.264 e. The third-order valence-electron chi connectivity index (χ3n) is 6.10. The number of amides is 1. The van der Waals surface area contributed by atoms with Crippen LogP contribution in [0.1, 0.15) is 53.5 Å². The largest absolute Gasteiger partial charge is 0.435 e. The molecule has 0 aliphatic heterocycles. The smallest absolute Gasteiger partial charge is 0.264 e. The van der Waals surface area contributed by atoms with E-state index in [9.17, 15) is 9.18 Å². The van der Waals surface area contributed by atoms with E-state index in [2.05, 4.69) is 13.8 Å². The van der Waals surface area contributed by atoms with Crippen molar-refractivity contribution in [3.63, 3.8) is 0 Å². The van der Waals surface area contributed by atoms with Crippen LogP contribution in [-0.2, 0) is 6.54 Å². The van der Waals surface area contributed by atoms with Crippen LogP contribution in [0.4, 0.5) is 4.39 Å². The van der Waals surface area contributed by atoms with Crippen molar-refractivity contribution in [1.29, 1.82) is 0 Å². The number of para-hydroxylation sites is 2. The Bertz CT molecular complexity index is 1300. The summed E-state index contributed by atoms with van der Waals surface area (Å²) in [6.07, 6.45) is 2.26. The van der Waals surface area contributed by atoms with Crippen LogP contribution in [0.2, 0.25) is 0 Å². The Morgan fingerprint density at radius 1 is 1.11 bits per heavy atom. The molecular weight excluding hydrogens is 461 g/mol. The van der Waals surface area contributed by atoms with Crippen LogP contribution in [0.25, 0.3) is 5.69 Å². The van der Waals surface area contributed by atoms with Gasteiger partial charge in [0.2, 0.25) is 5.88 Å². The summed E-state index contributed by atoms with van der Waals surface area (Å²) in [4.78, 5) is 16.1. The quantitative estimate of drug-likeness (QED) is 0.253. The minimum absolute atomic E-state index is 0.00547. The Morgan fingerprint density at radius 3 is 2.51 bits per heavy atom. The number of hydrogen-bond acceptors (Lipinski definition) is 4. The van der Waals surface area contributed by atoms with Crippen LogP contribution in [0.5, 0.6) is 11.6 Å². The van der Waals surface area contributed by atoms with Gasteiger partial charge in [-0.1, -0.05) is 50.2 Å². The molecule has 180 valence electrons. The van der Waals surface area contributed by atoms with Crippen molar-refractivity contribution < 1.29 is 13.9 Å². The van der Waals surface area contributed by atoms with E-state index in [4.69, 9.17) is 9.84 Å². The molecule has 0 atom stereocenters. The van der Waals surface area contributed by atoms with E-state index in [0.29, 0.717) is 29.8 Å². The van der Waals surface area contributed by atoms with Crippen LogP contribution in [0, 0.1) is 11.7 Å². The predicted molar refractivity (Wildman–Crippen MR) is 136 cm³/mol. The van der Waals surface area contributed by atoms with Crippen molar-refractivity contribution in [3.05, 3.63) is 94.1 Å². The summed E-state index contributed by atoms with van der Waals surface area (Å²) in [5.41, 5.74) is 2.45. The fourth-order valence-corrected chi connectivity index (χ4v) is 4.81. The molecule has 2 aromatic heterocycles. The molecule has 7 heteroatoms. The molecule has 4 aromatic rings. The maximum atomic E-state index is 14.6. The molecule has 1 aliphatic rings. The van der Waals surface area contributed by atoms with Gasteiger partial charge in [0, 0.05) is 6.54 Å². The minimum Gasteiger partial charge on any atom is -0.435 e. The summed E-state index contributed by atoms with van der Waals surface area (Å²) in [5.74, 6) is 0.712. The highest BCUT2D eigenvalue weighted by molar-refractivity contribution is 7.12. The van der Waals surface area contributed by atoms with Gasteiger partial charge < -0.3 is 9.64 Å². The average molecular weight is 490 g/mol. The lowest BCUT2D eigenvalue weighted by molar-refractivity contribution is 0.0738. The van der Waals surface area contributed by atoms with E-state index < -0.39 is 5.82 Å². The van der Waals surface area contributed by atoms with Gasteiger partial charge in [-0.05, 0) is 60.4 Å². The number of carbonyl (C=O) groups excluding carboxylic acids is 1. The first-order chi connectivity index (χ1) is 17.0. The Kier molecular flexibility index (Phi) is 6.68. The SMILES string of the molecule is CC(C)c1nn(-c2ccccc2)c(Oc2ccccc2F)c1CN(CC1CC1)C(=O)c1cccs1. The van der Waals surface area contributed by atoms with Crippen LogP contribution < -0.4 is 4.74 Å². The average Bonchev–Trinajstić information content (AvgIpc) is 3.37. The van der Waals surface area contributed by atoms with E-state index >= 15 is 0 Å². The molecule has 0 spiro atoms. The molecule has 1 fully saturated rings. The van der Waals surface area contributed by atoms with E-state index in [0.717, 1.165) is 29.8 Å². The van der Waals surface area contributed by atoms with Gasteiger partial charge in [0.1, 0.15) is 0 Å². The number of rotatable bonds is 9. The lowest BCUT2D eigenvalue weighted by Crippen LogP contribution is -2.32. The first kappa shape index (κ1) is 23.3. The normalized spacial score (nSPS) is 13.3. The Balaban J connectivity index is 1.61. The van der Waals surface area contributed by atoms with E-state index in [1.807, 2.05) is 52.7 Å². The van der Waals surface area contributed by atoms with Crippen molar-refractivity contribution in [2.75, 3.05) is 6.54 Å². The van der Waals surface area contributed by atoms with Crippen LogP contribution >= 0.6 is 11.3 Å². The van der Waals surface area contributed by atoms with Gasteiger partial charge in [-0.3, -0.25) is 4.79 Å². The highest BCUT2D eigenvalue weighted by atomic mass is 32.1. The van der Waals surface area contributed by atoms with Crippen molar-refractivity contribution in [3.8, 4) is 17.3 Å². The van der Waals surface area contributed by atoms with Crippen LogP contribution in [-0.4, -0.2) is 27.1 Å². The first-order valence-corrected chi connectivity index (χ1v) is 12.8. The summed E-state index contributed by atoms with van der Waals surface area (Å²) in [5, 5.41) is 6.83. The lowest BCUT2D eigenvalue weighted by Gasteiger charge is -2.23. The second-order valence-corrected chi connectivity index (χ2v) is 10.2. The number of hydrogen-bond donors (Lipinski definition) is 0. The second kappa shape index (κ2) is 10.0. The van der Waals surface area contributed by atoms with Crippen LogP contribution in [0.15, 0.2) is 72.1 Å². The third-order valence-corrected chi connectivity index (χ3v) is 6.96. The van der Waals surface area contributed by atoms with Crippen molar-refractivity contribution in [2.24, 2.45) is 5.92 Å². The van der Waals surface area contributed by atoms with E-state index in [1.54, 1.807) is 22.9 Å². The Labute approximate surface area is 208 Å². The summed E-state index contributed by atoms with van der Waals surface area (Å²) in [7, 11) is 0. The van der Waals surface area contributed by atoms with Crippen molar-refractivity contribution >= 4 is 17.2 Å². The molecule has 0 unspecified atom stereocenters. The number of aromatic nitrogens is 2. The minimum atomic E-state index is -0.449. The van der Waals surface area contributed by atoms with Crippen molar-refractivity contribution in [2.45, 2.75) is 39.2 Å². The Hall–Kier alpha value is -3.45. The lowest BCUT2D eigenvalue weighted by atomic mass is 10.1. The maximum absolute atomic E-state index is 14.6. The highest BCUT2D eigenvalue weighted by Gasteiger charge is 2.31. The number of benzene rings is 2. The van der Waals surface area contributed by atoms with Gasteiger partial charge in [0.15, 0.2) is 11.6 Å². The second-order valence-electron chi connectivity index (χ2n) is 9.21. The van der Waals surface area contributed by atoms with Gasteiger partial charge in [-0.15, -0.1) is 11.3 Å². The van der Waals surface area contributed by atoms with Gasteiger partial charge in [0.25, 0.3) is 5.91 Å². The molecule has 2 heterocycles. The number of thiophene rings is 1. The Morgan fingerprint density at radius 2 is 1.86 bits per heavy atom. The number of nitrogens with zero attached hydrogens (tertiary/aromatic N) is 3. The molecule has 0 radical (unpaired) electrons.